The van der Waals surface area contributed by atoms with Gasteiger partial charge >= 0.3 is 0 Å². The molecule has 1 atom stereocenters. The standard InChI is InChI=1S/C14H21BrN2O/c1-2-7-16-14(11-5-8-18-9-6-11)13-4-3-12(15)10-17-13/h3-4,10-11,14,16H,2,5-9H2,1H3. The summed E-state index contributed by atoms with van der Waals surface area (Å²) in [6.45, 7) is 5.00. The van der Waals surface area contributed by atoms with Crippen LogP contribution in [0.1, 0.15) is 37.9 Å². The predicted molar refractivity (Wildman–Crippen MR) is 76.5 cm³/mol. The van der Waals surface area contributed by atoms with Crippen molar-refractivity contribution < 1.29 is 4.74 Å². The van der Waals surface area contributed by atoms with Crippen molar-refractivity contribution in [2.24, 2.45) is 5.92 Å². The Hall–Kier alpha value is -0.450. The molecule has 1 fully saturated rings. The van der Waals surface area contributed by atoms with Gasteiger partial charge in [0.1, 0.15) is 0 Å². The Morgan fingerprint density at radius 2 is 2.22 bits per heavy atom. The van der Waals surface area contributed by atoms with E-state index in [1.807, 2.05) is 6.20 Å². The highest BCUT2D eigenvalue weighted by Gasteiger charge is 2.25. The van der Waals surface area contributed by atoms with Gasteiger partial charge in [0.05, 0.1) is 11.7 Å². The Bertz CT molecular complexity index is 349. The minimum atomic E-state index is 0.363. The summed E-state index contributed by atoms with van der Waals surface area (Å²) in [5.74, 6) is 0.638. The lowest BCUT2D eigenvalue weighted by Crippen LogP contribution is -2.33. The molecule has 1 unspecified atom stereocenters. The zero-order valence-corrected chi connectivity index (χ0v) is 12.4. The number of aromatic nitrogens is 1. The van der Waals surface area contributed by atoms with E-state index in [0.717, 1.165) is 49.2 Å². The summed E-state index contributed by atoms with van der Waals surface area (Å²) < 4.78 is 6.49. The summed E-state index contributed by atoms with van der Waals surface area (Å²) in [7, 11) is 0. The fourth-order valence-corrected chi connectivity index (χ4v) is 2.67. The average molecular weight is 313 g/mol. The first-order chi connectivity index (χ1) is 8.81. The van der Waals surface area contributed by atoms with Gasteiger partial charge in [-0.2, -0.15) is 0 Å². The molecule has 0 saturated carbocycles. The van der Waals surface area contributed by atoms with Crippen molar-refractivity contribution in [3.8, 4) is 0 Å². The molecule has 1 aromatic rings. The lowest BCUT2D eigenvalue weighted by molar-refractivity contribution is 0.0531. The van der Waals surface area contributed by atoms with Crippen LogP contribution in [0.5, 0.6) is 0 Å². The Labute approximate surface area is 117 Å². The molecule has 0 bridgehead atoms. The molecule has 100 valence electrons. The second-order valence-corrected chi connectivity index (χ2v) is 5.70. The highest BCUT2D eigenvalue weighted by molar-refractivity contribution is 9.10. The van der Waals surface area contributed by atoms with Gasteiger partial charge in [0.15, 0.2) is 0 Å². The Kier molecular flexibility index (Phi) is 5.60. The number of rotatable bonds is 5. The first-order valence-electron chi connectivity index (χ1n) is 6.74. The van der Waals surface area contributed by atoms with Crippen LogP contribution in [0, 0.1) is 5.92 Å². The van der Waals surface area contributed by atoms with Crippen LogP contribution in [-0.4, -0.2) is 24.7 Å². The predicted octanol–water partition coefficient (Wildman–Crippen LogP) is 3.31. The maximum absolute atomic E-state index is 5.45. The fraction of sp³-hybridized carbons (Fsp3) is 0.643. The van der Waals surface area contributed by atoms with Crippen LogP contribution in [0.4, 0.5) is 0 Å². The molecule has 2 heterocycles. The van der Waals surface area contributed by atoms with Crippen LogP contribution < -0.4 is 5.32 Å². The van der Waals surface area contributed by atoms with E-state index in [1.54, 1.807) is 0 Å². The first kappa shape index (κ1) is 14.0. The van der Waals surface area contributed by atoms with Crippen molar-refractivity contribution in [1.82, 2.24) is 10.3 Å². The van der Waals surface area contributed by atoms with Gasteiger partial charge in [-0.1, -0.05) is 6.92 Å². The van der Waals surface area contributed by atoms with Gasteiger partial charge in [-0.25, -0.2) is 0 Å². The molecule has 0 spiro atoms. The van der Waals surface area contributed by atoms with Gasteiger partial charge in [0.25, 0.3) is 0 Å². The van der Waals surface area contributed by atoms with Crippen LogP contribution in [-0.2, 0) is 4.74 Å². The summed E-state index contributed by atoms with van der Waals surface area (Å²) in [6, 6.07) is 4.55. The molecular weight excluding hydrogens is 292 g/mol. The van der Waals surface area contributed by atoms with Crippen molar-refractivity contribution in [1.29, 1.82) is 0 Å². The third-order valence-electron chi connectivity index (χ3n) is 3.42. The lowest BCUT2D eigenvalue weighted by Gasteiger charge is -2.30. The molecule has 1 saturated heterocycles. The molecular formula is C14H21BrN2O. The Morgan fingerprint density at radius 1 is 1.44 bits per heavy atom. The van der Waals surface area contributed by atoms with E-state index < -0.39 is 0 Å². The number of nitrogens with zero attached hydrogens (tertiary/aromatic N) is 1. The van der Waals surface area contributed by atoms with E-state index >= 15 is 0 Å². The molecule has 2 rings (SSSR count). The first-order valence-corrected chi connectivity index (χ1v) is 7.53. The number of pyridine rings is 1. The second-order valence-electron chi connectivity index (χ2n) is 4.78. The fourth-order valence-electron chi connectivity index (χ4n) is 2.43. The minimum absolute atomic E-state index is 0.363. The van der Waals surface area contributed by atoms with Gasteiger partial charge in [0.2, 0.25) is 0 Å². The van der Waals surface area contributed by atoms with E-state index in [4.69, 9.17) is 4.74 Å². The second kappa shape index (κ2) is 7.22. The zero-order chi connectivity index (χ0) is 12.8. The largest absolute Gasteiger partial charge is 0.381 e. The highest BCUT2D eigenvalue weighted by atomic mass is 79.9. The smallest absolute Gasteiger partial charge is 0.0576 e. The number of nitrogens with one attached hydrogen (secondary N) is 1. The van der Waals surface area contributed by atoms with E-state index in [2.05, 4.69) is 45.3 Å². The van der Waals surface area contributed by atoms with Crippen molar-refractivity contribution >= 4 is 15.9 Å². The molecule has 0 radical (unpaired) electrons. The van der Waals surface area contributed by atoms with E-state index in [1.165, 1.54) is 0 Å². The van der Waals surface area contributed by atoms with Gasteiger partial charge in [-0.05, 0) is 59.8 Å². The van der Waals surface area contributed by atoms with E-state index in [9.17, 15) is 0 Å². The van der Waals surface area contributed by atoms with Crippen LogP contribution in [0.25, 0.3) is 0 Å². The molecule has 1 aliphatic heterocycles. The quantitative estimate of drug-likeness (QED) is 0.905. The van der Waals surface area contributed by atoms with Gasteiger partial charge in [-0.3, -0.25) is 4.98 Å². The maximum atomic E-state index is 5.45. The van der Waals surface area contributed by atoms with Crippen LogP contribution in [0.2, 0.25) is 0 Å². The minimum Gasteiger partial charge on any atom is -0.381 e. The molecule has 1 N–H and O–H groups in total. The van der Waals surface area contributed by atoms with Crippen LogP contribution in [0.15, 0.2) is 22.8 Å². The van der Waals surface area contributed by atoms with Crippen molar-refractivity contribution in [2.75, 3.05) is 19.8 Å². The third kappa shape index (κ3) is 3.77. The lowest BCUT2D eigenvalue weighted by atomic mass is 9.89. The Morgan fingerprint density at radius 3 is 2.83 bits per heavy atom. The zero-order valence-electron chi connectivity index (χ0n) is 10.9. The maximum Gasteiger partial charge on any atom is 0.0576 e. The van der Waals surface area contributed by atoms with Crippen molar-refractivity contribution in [3.63, 3.8) is 0 Å². The number of hydrogen-bond donors (Lipinski definition) is 1. The van der Waals surface area contributed by atoms with Crippen molar-refractivity contribution in [3.05, 3.63) is 28.5 Å². The SMILES string of the molecule is CCCNC(c1ccc(Br)cn1)C1CCOCC1. The van der Waals surface area contributed by atoms with Gasteiger partial charge in [-0.15, -0.1) is 0 Å². The number of hydrogen-bond acceptors (Lipinski definition) is 3. The average Bonchev–Trinajstić information content (AvgIpc) is 2.42. The van der Waals surface area contributed by atoms with E-state index in [0.29, 0.717) is 12.0 Å². The van der Waals surface area contributed by atoms with Crippen LogP contribution in [0.3, 0.4) is 0 Å². The Balaban J connectivity index is 2.10. The molecule has 3 nitrogen and oxygen atoms in total. The summed E-state index contributed by atoms with van der Waals surface area (Å²) in [6.07, 6.45) is 5.28. The number of ether oxygens (including phenoxy) is 1. The molecule has 0 aliphatic carbocycles. The monoisotopic (exact) mass is 312 g/mol. The molecule has 1 aromatic heterocycles. The van der Waals surface area contributed by atoms with Gasteiger partial charge < -0.3 is 10.1 Å². The third-order valence-corrected chi connectivity index (χ3v) is 3.89. The topological polar surface area (TPSA) is 34.2 Å². The molecule has 0 amide bonds. The summed E-state index contributed by atoms with van der Waals surface area (Å²) >= 11 is 3.44. The van der Waals surface area contributed by atoms with E-state index in [-0.39, 0.29) is 0 Å². The molecule has 18 heavy (non-hydrogen) atoms. The molecule has 1 aliphatic rings. The summed E-state index contributed by atoms with van der Waals surface area (Å²) in [5.41, 5.74) is 1.15. The van der Waals surface area contributed by atoms with Crippen molar-refractivity contribution in [2.45, 2.75) is 32.2 Å². The summed E-state index contributed by atoms with van der Waals surface area (Å²) in [5, 5.41) is 3.64. The van der Waals surface area contributed by atoms with Gasteiger partial charge in [0, 0.05) is 23.9 Å². The highest BCUT2D eigenvalue weighted by Crippen LogP contribution is 2.29. The summed E-state index contributed by atoms with van der Waals surface area (Å²) in [4.78, 5) is 4.56. The molecule has 0 aromatic carbocycles. The molecule has 4 heteroatoms. The van der Waals surface area contributed by atoms with Crippen LogP contribution >= 0.6 is 15.9 Å². The number of halogens is 1. The normalized spacial score (nSPS) is 18.8.